The number of nitrogens with one attached hydrogen (secondary N) is 1. The second kappa shape index (κ2) is 6.49. The van der Waals surface area contributed by atoms with E-state index in [4.69, 9.17) is 27.9 Å². The quantitative estimate of drug-likeness (QED) is 0.823. The lowest BCUT2D eigenvalue weighted by Gasteiger charge is -2.28. The van der Waals surface area contributed by atoms with E-state index in [9.17, 15) is 4.79 Å². The van der Waals surface area contributed by atoms with Gasteiger partial charge >= 0.3 is 6.09 Å². The number of rotatable bonds is 2. The minimum Gasteiger partial charge on any atom is -0.446 e. The largest absolute Gasteiger partial charge is 0.446 e. The molecule has 3 nitrogen and oxygen atoms in total. The molecule has 19 heavy (non-hydrogen) atoms. The molecule has 2 atom stereocenters. The molecule has 0 unspecified atom stereocenters. The normalized spacial score (nSPS) is 22.9. The monoisotopic (exact) mass is 301 g/mol. The van der Waals surface area contributed by atoms with Crippen LogP contribution < -0.4 is 5.32 Å². The van der Waals surface area contributed by atoms with Crippen molar-refractivity contribution in [3.63, 3.8) is 0 Å². The summed E-state index contributed by atoms with van der Waals surface area (Å²) in [7, 11) is 0. The average molecular weight is 302 g/mol. The Morgan fingerprint density at radius 2 is 1.89 bits per heavy atom. The molecule has 0 heterocycles. The lowest BCUT2D eigenvalue weighted by Crippen LogP contribution is -2.30. The predicted octanol–water partition coefficient (Wildman–Crippen LogP) is 5.12. The zero-order valence-electron chi connectivity index (χ0n) is 10.8. The third-order valence-electron chi connectivity index (χ3n) is 3.48. The fourth-order valence-electron chi connectivity index (χ4n) is 2.34. The van der Waals surface area contributed by atoms with E-state index in [1.165, 1.54) is 6.42 Å². The fourth-order valence-corrected chi connectivity index (χ4v) is 2.84. The third-order valence-corrected chi connectivity index (χ3v) is 4.11. The van der Waals surface area contributed by atoms with E-state index < -0.39 is 6.09 Å². The average Bonchev–Trinajstić information content (AvgIpc) is 2.37. The molecule has 0 radical (unpaired) electrons. The topological polar surface area (TPSA) is 38.3 Å². The molecule has 1 N–H and O–H groups in total. The Morgan fingerprint density at radius 1 is 1.26 bits per heavy atom. The van der Waals surface area contributed by atoms with E-state index in [1.54, 1.807) is 18.2 Å². The first kappa shape index (κ1) is 14.5. The second-order valence-corrected chi connectivity index (χ2v) is 5.74. The highest BCUT2D eigenvalue weighted by Gasteiger charge is 2.25. The maximum absolute atomic E-state index is 11.9. The Bertz CT molecular complexity index is 445. The van der Waals surface area contributed by atoms with Gasteiger partial charge in [-0.2, -0.15) is 0 Å². The van der Waals surface area contributed by atoms with E-state index in [-0.39, 0.29) is 6.10 Å². The van der Waals surface area contributed by atoms with E-state index in [1.807, 2.05) is 0 Å². The van der Waals surface area contributed by atoms with Crippen molar-refractivity contribution in [1.29, 1.82) is 0 Å². The first-order chi connectivity index (χ1) is 9.08. The highest BCUT2D eigenvalue weighted by atomic mass is 35.5. The van der Waals surface area contributed by atoms with E-state index >= 15 is 0 Å². The van der Waals surface area contributed by atoms with E-state index in [0.717, 1.165) is 19.3 Å². The summed E-state index contributed by atoms with van der Waals surface area (Å²) < 4.78 is 5.45. The zero-order valence-corrected chi connectivity index (χ0v) is 12.3. The molecule has 0 saturated heterocycles. The van der Waals surface area contributed by atoms with Gasteiger partial charge in [0.2, 0.25) is 0 Å². The maximum Gasteiger partial charge on any atom is 0.411 e. The van der Waals surface area contributed by atoms with Crippen LogP contribution in [0.1, 0.15) is 32.6 Å². The van der Waals surface area contributed by atoms with Crippen LogP contribution in [0.15, 0.2) is 18.2 Å². The highest BCUT2D eigenvalue weighted by Crippen LogP contribution is 2.31. The second-order valence-electron chi connectivity index (χ2n) is 4.93. The van der Waals surface area contributed by atoms with Gasteiger partial charge in [-0.15, -0.1) is 0 Å². The fraction of sp³-hybridized carbons (Fsp3) is 0.500. The van der Waals surface area contributed by atoms with Crippen molar-refractivity contribution >= 4 is 35.0 Å². The Labute approximate surface area is 123 Å². The molecule has 0 bridgehead atoms. The van der Waals surface area contributed by atoms with Gasteiger partial charge in [0.05, 0.1) is 15.7 Å². The highest BCUT2D eigenvalue weighted by molar-refractivity contribution is 6.39. The SMILES string of the molecule is C[C@@H]1CCCC[C@H]1OC(=O)Nc1c(Cl)cccc1Cl. The van der Waals surface area contributed by atoms with Crippen LogP contribution in [-0.4, -0.2) is 12.2 Å². The first-order valence-corrected chi connectivity index (χ1v) is 7.25. The van der Waals surface area contributed by atoms with Gasteiger partial charge in [0.25, 0.3) is 0 Å². The molecule has 2 rings (SSSR count). The summed E-state index contributed by atoms with van der Waals surface area (Å²) in [4.78, 5) is 11.9. The Morgan fingerprint density at radius 3 is 2.53 bits per heavy atom. The molecule has 1 aliphatic carbocycles. The van der Waals surface area contributed by atoms with Crippen molar-refractivity contribution in [3.05, 3.63) is 28.2 Å². The number of carbonyl (C=O) groups excluding carboxylic acids is 1. The summed E-state index contributed by atoms with van der Waals surface area (Å²) >= 11 is 12.0. The molecule has 104 valence electrons. The van der Waals surface area contributed by atoms with Crippen LogP contribution >= 0.6 is 23.2 Å². The minimum atomic E-state index is -0.492. The number of hydrogen-bond donors (Lipinski definition) is 1. The van der Waals surface area contributed by atoms with Gasteiger partial charge in [-0.3, -0.25) is 5.32 Å². The lowest BCUT2D eigenvalue weighted by atomic mass is 9.88. The number of benzene rings is 1. The van der Waals surface area contributed by atoms with Crippen molar-refractivity contribution in [3.8, 4) is 0 Å². The standard InChI is InChI=1S/C14H17Cl2NO2/c1-9-5-2-3-8-12(9)19-14(18)17-13-10(15)6-4-7-11(13)16/h4,6-7,9,12H,2-3,5,8H2,1H3,(H,17,18)/t9-,12-/m1/s1. The van der Waals surface area contributed by atoms with Crippen molar-refractivity contribution in [2.75, 3.05) is 5.32 Å². The summed E-state index contributed by atoms with van der Waals surface area (Å²) in [5.74, 6) is 0.404. The molecule has 1 aromatic rings. The zero-order chi connectivity index (χ0) is 13.8. The molecule has 5 heteroatoms. The van der Waals surface area contributed by atoms with Crippen LogP contribution in [0.3, 0.4) is 0 Å². The summed E-state index contributed by atoms with van der Waals surface area (Å²) in [5, 5.41) is 3.43. The molecule has 0 aliphatic heterocycles. The third kappa shape index (κ3) is 3.77. The maximum atomic E-state index is 11.9. The first-order valence-electron chi connectivity index (χ1n) is 6.49. The molecular weight excluding hydrogens is 285 g/mol. The van der Waals surface area contributed by atoms with Gasteiger partial charge in [-0.05, 0) is 37.3 Å². The van der Waals surface area contributed by atoms with Crippen molar-refractivity contribution in [1.82, 2.24) is 0 Å². The van der Waals surface area contributed by atoms with E-state index in [0.29, 0.717) is 21.7 Å². The number of halogens is 2. The van der Waals surface area contributed by atoms with E-state index in [2.05, 4.69) is 12.2 Å². The van der Waals surface area contributed by atoms with Crippen molar-refractivity contribution in [2.45, 2.75) is 38.7 Å². The molecule has 1 fully saturated rings. The van der Waals surface area contributed by atoms with Gasteiger partial charge in [0.1, 0.15) is 6.10 Å². The number of anilines is 1. The predicted molar refractivity (Wildman–Crippen MR) is 78.0 cm³/mol. The van der Waals surface area contributed by atoms with Gasteiger partial charge in [0.15, 0.2) is 0 Å². The summed E-state index contributed by atoms with van der Waals surface area (Å²) in [6.45, 7) is 2.11. The van der Waals surface area contributed by atoms with Crippen LogP contribution in [0.2, 0.25) is 10.0 Å². The Kier molecular flexibility index (Phi) is 4.94. The summed E-state index contributed by atoms with van der Waals surface area (Å²) in [5.41, 5.74) is 0.402. The van der Waals surface area contributed by atoms with Gasteiger partial charge in [0, 0.05) is 0 Å². The number of amides is 1. The van der Waals surface area contributed by atoms with Crippen LogP contribution in [0.5, 0.6) is 0 Å². The van der Waals surface area contributed by atoms with Crippen LogP contribution in [0, 0.1) is 5.92 Å². The van der Waals surface area contributed by atoms with Crippen molar-refractivity contribution in [2.24, 2.45) is 5.92 Å². The van der Waals surface area contributed by atoms with Gasteiger partial charge in [-0.1, -0.05) is 42.6 Å². The summed E-state index contributed by atoms with van der Waals surface area (Å²) in [6.07, 6.45) is 3.83. The molecule has 1 amide bonds. The molecule has 1 saturated carbocycles. The molecule has 0 spiro atoms. The smallest absolute Gasteiger partial charge is 0.411 e. The Balaban J connectivity index is 1.97. The van der Waals surface area contributed by atoms with Crippen LogP contribution in [0.25, 0.3) is 0 Å². The van der Waals surface area contributed by atoms with Gasteiger partial charge in [-0.25, -0.2) is 4.79 Å². The summed E-state index contributed by atoms with van der Waals surface area (Å²) in [6, 6.07) is 5.07. The van der Waals surface area contributed by atoms with Crippen LogP contribution in [0.4, 0.5) is 10.5 Å². The molecule has 1 aliphatic rings. The molecule has 0 aromatic heterocycles. The number of para-hydroxylation sites is 1. The Hall–Kier alpha value is -0.930. The lowest BCUT2D eigenvalue weighted by molar-refractivity contribution is 0.0524. The number of carbonyl (C=O) groups is 1. The van der Waals surface area contributed by atoms with Crippen LogP contribution in [-0.2, 0) is 4.74 Å². The minimum absolute atomic E-state index is 0.0185. The molecule has 1 aromatic carbocycles. The van der Waals surface area contributed by atoms with Crippen molar-refractivity contribution < 1.29 is 9.53 Å². The van der Waals surface area contributed by atoms with Gasteiger partial charge < -0.3 is 4.74 Å². The molecular formula is C14H17Cl2NO2. The number of hydrogen-bond acceptors (Lipinski definition) is 2. The number of ether oxygens (including phenoxy) is 1.